The highest BCUT2D eigenvalue weighted by molar-refractivity contribution is 6.04. The number of hydrogen-bond acceptors (Lipinski definition) is 1. The van der Waals surface area contributed by atoms with E-state index in [1.54, 1.807) is 0 Å². The molecule has 0 saturated carbocycles. The van der Waals surface area contributed by atoms with E-state index in [0.717, 1.165) is 17.7 Å². The summed E-state index contributed by atoms with van der Waals surface area (Å²) in [6.07, 6.45) is 3.08. The van der Waals surface area contributed by atoms with Gasteiger partial charge in [0.15, 0.2) is 0 Å². The van der Waals surface area contributed by atoms with Gasteiger partial charge in [0.05, 0.1) is 0 Å². The van der Waals surface area contributed by atoms with Crippen molar-refractivity contribution in [1.82, 2.24) is 0 Å². The highest BCUT2D eigenvalue weighted by Crippen LogP contribution is 2.43. The molecule has 212 valence electrons. The monoisotopic (exact) mass is 574 g/mol. The molecule has 0 aliphatic carbocycles. The zero-order chi connectivity index (χ0) is 29.7. The minimum absolute atomic E-state index is 0.0329. The predicted molar refractivity (Wildman–Crippen MR) is 190 cm³/mol. The zero-order valence-electron chi connectivity index (χ0n) is 24.8. The molecule has 1 aliphatic rings. The van der Waals surface area contributed by atoms with Crippen LogP contribution < -0.4 is 0 Å². The lowest BCUT2D eigenvalue weighted by atomic mass is 9.91. The average molecular weight is 575 g/mol. The van der Waals surface area contributed by atoms with Crippen molar-refractivity contribution in [2.24, 2.45) is 0 Å². The van der Waals surface area contributed by atoms with Gasteiger partial charge in [0, 0.05) is 17.5 Å². The van der Waals surface area contributed by atoms with E-state index in [4.69, 9.17) is 4.74 Å². The summed E-state index contributed by atoms with van der Waals surface area (Å²) >= 11 is 0. The number of rotatable bonds is 4. The van der Waals surface area contributed by atoms with Gasteiger partial charge in [-0.1, -0.05) is 146 Å². The maximum absolute atomic E-state index is 6.82. The van der Waals surface area contributed by atoms with Crippen LogP contribution in [0.3, 0.4) is 0 Å². The molecule has 0 saturated heterocycles. The summed E-state index contributed by atoms with van der Waals surface area (Å²) in [4.78, 5) is 0. The van der Waals surface area contributed by atoms with Crippen molar-refractivity contribution < 1.29 is 4.74 Å². The molecule has 1 nitrogen and oxygen atoms in total. The SMILES string of the molecule is C1=C(c2cccc3c(-c4ccc5ccccc5c4)cccc23)OC(c2ccc(-c3ccc4ccccc4c3)c3ccccc23)C1. The van der Waals surface area contributed by atoms with Gasteiger partial charge in [-0.05, 0) is 83.6 Å². The molecule has 45 heavy (non-hydrogen) atoms. The Bertz CT molecular complexity index is 2450. The molecule has 8 aromatic carbocycles. The summed E-state index contributed by atoms with van der Waals surface area (Å²) < 4.78 is 6.82. The van der Waals surface area contributed by atoms with Crippen molar-refractivity contribution in [2.45, 2.75) is 12.5 Å². The highest BCUT2D eigenvalue weighted by Gasteiger charge is 2.25. The summed E-state index contributed by atoms with van der Waals surface area (Å²) in [5.74, 6) is 0.962. The number of hydrogen-bond donors (Lipinski definition) is 0. The van der Waals surface area contributed by atoms with E-state index in [2.05, 4.69) is 164 Å². The Kier molecular flexibility index (Phi) is 6.02. The summed E-state index contributed by atoms with van der Waals surface area (Å²) in [6, 6.07) is 57.1. The van der Waals surface area contributed by atoms with E-state index >= 15 is 0 Å². The molecular formula is C44H30O. The predicted octanol–water partition coefficient (Wildman–Crippen LogP) is 12.1. The molecule has 1 aliphatic heterocycles. The average Bonchev–Trinajstić information content (AvgIpc) is 3.60. The first kappa shape index (κ1) is 25.8. The van der Waals surface area contributed by atoms with Crippen molar-refractivity contribution in [3.63, 3.8) is 0 Å². The normalized spacial score (nSPS) is 14.7. The van der Waals surface area contributed by atoms with Crippen molar-refractivity contribution >= 4 is 48.8 Å². The first-order chi connectivity index (χ1) is 22.3. The third-order valence-electron chi connectivity index (χ3n) is 9.40. The molecule has 0 N–H and O–H groups in total. The molecule has 9 rings (SSSR count). The molecule has 1 unspecified atom stereocenters. The fraction of sp³-hybridized carbons (Fsp3) is 0.0455. The molecule has 0 spiro atoms. The molecule has 1 atom stereocenters. The summed E-state index contributed by atoms with van der Waals surface area (Å²) in [5.41, 5.74) is 7.34. The number of ether oxygens (including phenoxy) is 1. The highest BCUT2D eigenvalue weighted by atomic mass is 16.5. The van der Waals surface area contributed by atoms with Gasteiger partial charge in [0.25, 0.3) is 0 Å². The van der Waals surface area contributed by atoms with Crippen molar-refractivity contribution in [1.29, 1.82) is 0 Å². The van der Waals surface area contributed by atoms with Gasteiger partial charge in [-0.15, -0.1) is 0 Å². The van der Waals surface area contributed by atoms with Crippen LogP contribution in [0.2, 0.25) is 0 Å². The standard InChI is InChI=1S/C44H30O/c1-3-11-31-27-33(21-19-29(31)9-1)35-15-7-17-40-38(35)16-8-18-41(40)43-25-26-44(45-43)42-24-23-36(37-13-5-6-14-39(37)42)34-22-20-30-10-2-4-12-32(30)28-34/h1-25,27-28,44H,26H2. The van der Waals surface area contributed by atoms with Crippen LogP contribution in [0.15, 0.2) is 164 Å². The van der Waals surface area contributed by atoms with Crippen LogP contribution in [0, 0.1) is 0 Å². The minimum atomic E-state index is -0.0329. The van der Waals surface area contributed by atoms with Crippen LogP contribution in [-0.4, -0.2) is 0 Å². The van der Waals surface area contributed by atoms with Crippen LogP contribution in [0.5, 0.6) is 0 Å². The second-order valence-corrected chi connectivity index (χ2v) is 12.0. The lowest BCUT2D eigenvalue weighted by Crippen LogP contribution is -1.99. The maximum atomic E-state index is 6.82. The second kappa shape index (κ2) is 10.5. The van der Waals surface area contributed by atoms with Crippen LogP contribution in [0.4, 0.5) is 0 Å². The lowest BCUT2D eigenvalue weighted by Gasteiger charge is -2.19. The van der Waals surface area contributed by atoms with E-state index < -0.39 is 0 Å². The smallest absolute Gasteiger partial charge is 0.128 e. The molecular weight excluding hydrogens is 544 g/mol. The Morgan fingerprint density at radius 2 is 0.911 bits per heavy atom. The third kappa shape index (κ3) is 4.39. The van der Waals surface area contributed by atoms with Gasteiger partial charge in [0.2, 0.25) is 0 Å². The lowest BCUT2D eigenvalue weighted by molar-refractivity contribution is 0.196. The van der Waals surface area contributed by atoms with E-state index in [1.807, 2.05) is 0 Å². The van der Waals surface area contributed by atoms with Crippen LogP contribution in [0.1, 0.15) is 23.7 Å². The Morgan fingerprint density at radius 3 is 1.60 bits per heavy atom. The molecule has 0 fully saturated rings. The van der Waals surface area contributed by atoms with Crippen LogP contribution >= 0.6 is 0 Å². The zero-order valence-corrected chi connectivity index (χ0v) is 24.8. The van der Waals surface area contributed by atoms with Gasteiger partial charge in [0.1, 0.15) is 11.9 Å². The molecule has 1 heteroatoms. The Hall–Kier alpha value is -5.66. The van der Waals surface area contributed by atoms with Gasteiger partial charge in [-0.3, -0.25) is 0 Å². The van der Waals surface area contributed by atoms with Crippen LogP contribution in [-0.2, 0) is 4.74 Å². The van der Waals surface area contributed by atoms with Gasteiger partial charge < -0.3 is 4.74 Å². The second-order valence-electron chi connectivity index (χ2n) is 12.0. The van der Waals surface area contributed by atoms with Gasteiger partial charge in [-0.25, -0.2) is 0 Å². The first-order valence-electron chi connectivity index (χ1n) is 15.7. The largest absolute Gasteiger partial charge is 0.485 e. The molecule has 0 aromatic heterocycles. The van der Waals surface area contributed by atoms with Crippen LogP contribution in [0.25, 0.3) is 71.1 Å². The van der Waals surface area contributed by atoms with Gasteiger partial charge >= 0.3 is 0 Å². The minimum Gasteiger partial charge on any atom is -0.485 e. The summed E-state index contributed by atoms with van der Waals surface area (Å²) in [6.45, 7) is 0. The van der Waals surface area contributed by atoms with Crippen molar-refractivity contribution in [3.8, 4) is 22.3 Å². The fourth-order valence-electron chi connectivity index (χ4n) is 7.17. The quantitative estimate of drug-likeness (QED) is 0.203. The number of benzene rings is 8. The van der Waals surface area contributed by atoms with E-state index in [1.165, 1.54) is 70.9 Å². The molecule has 0 radical (unpaired) electrons. The summed E-state index contributed by atoms with van der Waals surface area (Å²) in [7, 11) is 0. The van der Waals surface area contributed by atoms with Gasteiger partial charge in [-0.2, -0.15) is 0 Å². The maximum Gasteiger partial charge on any atom is 0.128 e. The molecule has 1 heterocycles. The summed E-state index contributed by atoms with van der Waals surface area (Å²) in [5, 5.41) is 10.00. The number of fused-ring (bicyclic) bond motifs is 4. The molecule has 8 aromatic rings. The topological polar surface area (TPSA) is 9.23 Å². The van der Waals surface area contributed by atoms with Crippen molar-refractivity contribution in [2.75, 3.05) is 0 Å². The van der Waals surface area contributed by atoms with Crippen molar-refractivity contribution in [3.05, 3.63) is 175 Å². The Morgan fingerprint density at radius 1 is 0.400 bits per heavy atom. The third-order valence-corrected chi connectivity index (χ3v) is 9.40. The van der Waals surface area contributed by atoms with E-state index in [0.29, 0.717) is 0 Å². The Balaban J connectivity index is 1.07. The first-order valence-corrected chi connectivity index (χ1v) is 15.7. The fourth-order valence-corrected chi connectivity index (χ4v) is 7.17. The van der Waals surface area contributed by atoms with E-state index in [-0.39, 0.29) is 6.10 Å². The molecule has 0 bridgehead atoms. The van der Waals surface area contributed by atoms with E-state index in [9.17, 15) is 0 Å². The Labute approximate surface area is 262 Å². The molecule has 0 amide bonds.